The van der Waals surface area contributed by atoms with Gasteiger partial charge in [-0.25, -0.2) is 15.0 Å². The summed E-state index contributed by atoms with van der Waals surface area (Å²) in [4.78, 5) is 26.9. The lowest BCUT2D eigenvalue weighted by Crippen LogP contribution is -2.27. The molecule has 0 amide bonds. The van der Waals surface area contributed by atoms with E-state index in [0.29, 0.717) is 5.02 Å². The number of rotatable bonds is 5. The highest BCUT2D eigenvalue weighted by molar-refractivity contribution is 7.22. The number of thiazole rings is 1. The fourth-order valence-corrected chi connectivity index (χ4v) is 5.80. The van der Waals surface area contributed by atoms with Crippen molar-refractivity contribution in [2.75, 3.05) is 0 Å². The van der Waals surface area contributed by atoms with Crippen molar-refractivity contribution >= 4 is 51.0 Å². The van der Waals surface area contributed by atoms with E-state index in [2.05, 4.69) is 29.0 Å². The maximum Gasteiger partial charge on any atom is 0.163 e. The predicted molar refractivity (Wildman–Crippen MR) is 149 cm³/mol. The Labute approximate surface area is 220 Å². The molecule has 0 fully saturated rings. The summed E-state index contributed by atoms with van der Waals surface area (Å²) in [5.41, 5.74) is 6.21. The van der Waals surface area contributed by atoms with Crippen LogP contribution in [0.4, 0.5) is 5.82 Å². The van der Waals surface area contributed by atoms with Gasteiger partial charge in [0.1, 0.15) is 11.1 Å². The van der Waals surface area contributed by atoms with Crippen LogP contribution in [0, 0.1) is 6.92 Å². The molecular weight excluding hydrogens is 490 g/mol. The molecule has 0 saturated carbocycles. The van der Waals surface area contributed by atoms with Gasteiger partial charge in [0.05, 0.1) is 15.8 Å². The van der Waals surface area contributed by atoms with Crippen LogP contribution < -0.4 is 0 Å². The summed E-state index contributed by atoms with van der Waals surface area (Å²) in [5, 5.41) is 1.53. The van der Waals surface area contributed by atoms with Crippen LogP contribution in [0.25, 0.3) is 31.9 Å². The van der Waals surface area contributed by atoms with Gasteiger partial charge in [-0.3, -0.25) is 4.79 Å². The Morgan fingerprint density at radius 2 is 1.86 bits per heavy atom. The molecule has 184 valence electrons. The van der Waals surface area contributed by atoms with Crippen molar-refractivity contribution in [3.63, 3.8) is 0 Å². The van der Waals surface area contributed by atoms with E-state index in [1.54, 1.807) is 18.3 Å². The lowest BCUT2D eigenvalue weighted by atomic mass is 9.90. The number of ketones is 1. The maximum absolute atomic E-state index is 12.9. The normalized spacial score (nSPS) is 15.9. The molecule has 1 aliphatic rings. The number of hydrogen-bond acceptors (Lipinski definition) is 6. The topological polar surface area (TPSA) is 64.4 Å². The zero-order valence-corrected chi connectivity index (χ0v) is 22.8. The molecule has 36 heavy (non-hydrogen) atoms. The second kappa shape index (κ2) is 9.18. The molecule has 2 aromatic carbocycles. The zero-order valence-electron chi connectivity index (χ0n) is 21.2. The molecule has 3 heterocycles. The van der Waals surface area contributed by atoms with Crippen molar-refractivity contribution in [1.29, 1.82) is 0 Å². The number of Topliss-reactive ketones (excluding diaryl/α,β-unsaturated/α-hetero) is 1. The Hall–Kier alpha value is -2.93. The number of pyridine rings is 1. The quantitative estimate of drug-likeness (QED) is 0.267. The molecule has 0 saturated heterocycles. The van der Waals surface area contributed by atoms with E-state index < -0.39 is 11.7 Å². The van der Waals surface area contributed by atoms with Crippen molar-refractivity contribution < 1.29 is 9.53 Å². The van der Waals surface area contributed by atoms with E-state index in [1.807, 2.05) is 64.4 Å². The smallest absolute Gasteiger partial charge is 0.163 e. The van der Waals surface area contributed by atoms with Crippen LogP contribution in [0.2, 0.25) is 5.02 Å². The largest absolute Gasteiger partial charge is 0.360 e. The molecule has 0 radical (unpaired) electrons. The van der Waals surface area contributed by atoms with Gasteiger partial charge >= 0.3 is 0 Å². The van der Waals surface area contributed by atoms with Crippen LogP contribution >= 0.6 is 22.9 Å². The molecule has 1 aliphatic heterocycles. The molecule has 0 bridgehead atoms. The van der Waals surface area contributed by atoms with E-state index in [4.69, 9.17) is 21.3 Å². The first-order valence-electron chi connectivity index (χ1n) is 11.9. The number of carbonyl (C=O) groups is 1. The van der Waals surface area contributed by atoms with Gasteiger partial charge in [0.2, 0.25) is 0 Å². The van der Waals surface area contributed by atoms with Gasteiger partial charge in [0.25, 0.3) is 0 Å². The van der Waals surface area contributed by atoms with Gasteiger partial charge in [-0.2, -0.15) is 0 Å². The standard InChI is InChI=1S/C29H28ClN3O2S/c1-15-11-22-26(36-28(33-22)19-12-21-16(2)13-31-27(21)32-14-19)24(18-7-9-20(30)10-8-18)23(15)25(17(3)34)35-29(4,5)6/h7-14,16,25H,1-6H3/t16?,25-/m1/s1. The van der Waals surface area contributed by atoms with Gasteiger partial charge in [-0.1, -0.05) is 30.7 Å². The highest BCUT2D eigenvalue weighted by Gasteiger charge is 2.30. The molecule has 0 spiro atoms. The van der Waals surface area contributed by atoms with E-state index in [0.717, 1.165) is 54.4 Å². The van der Waals surface area contributed by atoms with Crippen LogP contribution in [0.1, 0.15) is 63.3 Å². The first-order valence-corrected chi connectivity index (χ1v) is 13.1. The number of carbonyl (C=O) groups excluding carboxylic acids is 1. The van der Waals surface area contributed by atoms with Crippen molar-refractivity contribution in [1.82, 2.24) is 9.97 Å². The number of aromatic nitrogens is 2. The number of nitrogens with zero attached hydrogens (tertiary/aromatic N) is 3. The van der Waals surface area contributed by atoms with E-state index in [-0.39, 0.29) is 11.7 Å². The van der Waals surface area contributed by atoms with E-state index in [9.17, 15) is 4.79 Å². The van der Waals surface area contributed by atoms with Gasteiger partial charge in [0.15, 0.2) is 11.6 Å². The van der Waals surface area contributed by atoms with Crippen LogP contribution in [-0.2, 0) is 9.53 Å². The van der Waals surface area contributed by atoms with Gasteiger partial charge in [0, 0.05) is 45.6 Å². The summed E-state index contributed by atoms with van der Waals surface area (Å²) in [6, 6.07) is 11.9. The number of aliphatic imine (C=N–C) groups is 1. The third-order valence-electron chi connectivity index (χ3n) is 6.22. The van der Waals surface area contributed by atoms with Crippen LogP contribution in [0.3, 0.4) is 0 Å². The summed E-state index contributed by atoms with van der Waals surface area (Å²) in [5.74, 6) is 0.964. The molecule has 0 aliphatic carbocycles. The average Bonchev–Trinajstić information content (AvgIpc) is 3.40. The summed E-state index contributed by atoms with van der Waals surface area (Å²) in [6.07, 6.45) is 3.05. The Bertz CT molecular complexity index is 1520. The number of fused-ring (bicyclic) bond motifs is 2. The minimum atomic E-state index is -0.703. The van der Waals surface area contributed by atoms with Crippen molar-refractivity contribution in [2.45, 2.75) is 59.2 Å². The molecule has 7 heteroatoms. The molecule has 5 nitrogen and oxygen atoms in total. The third-order valence-corrected chi connectivity index (χ3v) is 7.61. The monoisotopic (exact) mass is 517 g/mol. The van der Waals surface area contributed by atoms with Crippen molar-refractivity contribution in [3.8, 4) is 21.7 Å². The number of hydrogen-bond donors (Lipinski definition) is 0. The fraction of sp³-hybridized carbons (Fsp3) is 0.310. The van der Waals surface area contributed by atoms with Gasteiger partial charge < -0.3 is 4.74 Å². The minimum Gasteiger partial charge on any atom is -0.360 e. The summed E-state index contributed by atoms with van der Waals surface area (Å²) >= 11 is 7.83. The second-order valence-corrected chi connectivity index (χ2v) is 11.7. The SMILES string of the molecule is CC(=O)[C@@H](OC(C)(C)C)c1c(C)cc2nc(-c3cnc4c(c3)C(C)C=N4)sc2c1-c1ccc(Cl)cc1. The Balaban J connectivity index is 1.76. The van der Waals surface area contributed by atoms with Gasteiger partial charge in [-0.05, 0) is 70.0 Å². The number of halogens is 1. The lowest BCUT2D eigenvalue weighted by Gasteiger charge is -2.29. The highest BCUT2D eigenvalue weighted by atomic mass is 35.5. The predicted octanol–water partition coefficient (Wildman–Crippen LogP) is 8.25. The van der Waals surface area contributed by atoms with E-state index >= 15 is 0 Å². The maximum atomic E-state index is 12.9. The molecule has 5 rings (SSSR count). The highest BCUT2D eigenvalue weighted by Crippen LogP contribution is 2.45. The zero-order chi connectivity index (χ0) is 25.8. The van der Waals surface area contributed by atoms with E-state index in [1.165, 1.54) is 0 Å². The minimum absolute atomic E-state index is 0.0378. The lowest BCUT2D eigenvalue weighted by molar-refractivity contribution is -0.138. The van der Waals surface area contributed by atoms with Crippen molar-refractivity contribution in [3.05, 3.63) is 64.3 Å². The Morgan fingerprint density at radius 3 is 2.53 bits per heavy atom. The molecule has 1 unspecified atom stereocenters. The molecule has 2 atom stereocenters. The van der Waals surface area contributed by atoms with Crippen molar-refractivity contribution in [2.24, 2.45) is 4.99 Å². The summed E-state index contributed by atoms with van der Waals surface area (Å²) in [7, 11) is 0. The summed E-state index contributed by atoms with van der Waals surface area (Å²) < 4.78 is 7.34. The molecular formula is C29H28ClN3O2S. The first-order chi connectivity index (χ1) is 17.0. The molecule has 4 aromatic rings. The molecule has 0 N–H and O–H groups in total. The Kier molecular flexibility index (Phi) is 6.31. The van der Waals surface area contributed by atoms with Gasteiger partial charge in [-0.15, -0.1) is 11.3 Å². The van der Waals surface area contributed by atoms with Crippen LogP contribution in [0.5, 0.6) is 0 Å². The first kappa shape index (κ1) is 24.8. The second-order valence-electron chi connectivity index (χ2n) is 10.3. The third kappa shape index (κ3) is 4.61. The fourth-order valence-electron chi connectivity index (χ4n) is 4.57. The van der Waals surface area contributed by atoms with Crippen LogP contribution in [-0.4, -0.2) is 27.6 Å². The Morgan fingerprint density at radius 1 is 1.14 bits per heavy atom. The van der Waals surface area contributed by atoms with Crippen LogP contribution in [0.15, 0.2) is 47.6 Å². The molecule has 2 aromatic heterocycles. The number of ether oxygens (including phenoxy) is 1. The average molecular weight is 518 g/mol. The summed E-state index contributed by atoms with van der Waals surface area (Å²) in [6.45, 7) is 11.6. The number of aryl methyl sites for hydroxylation is 1. The number of benzene rings is 2.